The minimum atomic E-state index is 0.339. The number of fused-ring (bicyclic) bond motifs is 1. The SMILES string of the molecule is COc1cnc2ccccc2c1CC#N. The molecule has 0 fully saturated rings. The highest BCUT2D eigenvalue weighted by atomic mass is 16.5. The molecule has 1 heterocycles. The number of ether oxygens (including phenoxy) is 1. The average Bonchev–Trinajstić information content (AvgIpc) is 2.30. The van der Waals surface area contributed by atoms with Crippen LogP contribution in [0, 0.1) is 11.3 Å². The van der Waals surface area contributed by atoms with Crippen LogP contribution in [0.25, 0.3) is 10.9 Å². The van der Waals surface area contributed by atoms with E-state index in [1.54, 1.807) is 13.3 Å². The van der Waals surface area contributed by atoms with Crippen molar-refractivity contribution in [2.24, 2.45) is 0 Å². The number of pyridine rings is 1. The molecule has 0 atom stereocenters. The molecule has 1 aromatic carbocycles. The summed E-state index contributed by atoms with van der Waals surface area (Å²) in [5, 5.41) is 9.76. The van der Waals surface area contributed by atoms with Gasteiger partial charge in [-0.15, -0.1) is 0 Å². The molecule has 0 aliphatic rings. The van der Waals surface area contributed by atoms with E-state index in [0.717, 1.165) is 16.5 Å². The molecule has 0 aliphatic carbocycles. The van der Waals surface area contributed by atoms with Crippen molar-refractivity contribution in [2.75, 3.05) is 7.11 Å². The lowest BCUT2D eigenvalue weighted by molar-refractivity contribution is 0.410. The maximum Gasteiger partial charge on any atom is 0.142 e. The Morgan fingerprint density at radius 3 is 2.93 bits per heavy atom. The zero-order chi connectivity index (χ0) is 10.7. The Balaban J connectivity index is 2.74. The van der Waals surface area contributed by atoms with Crippen LogP contribution in [0.15, 0.2) is 30.5 Å². The quantitative estimate of drug-likeness (QED) is 0.743. The molecule has 0 saturated carbocycles. The summed E-state index contributed by atoms with van der Waals surface area (Å²) >= 11 is 0. The first-order valence-electron chi connectivity index (χ1n) is 4.64. The van der Waals surface area contributed by atoms with E-state index in [4.69, 9.17) is 10.00 Å². The Morgan fingerprint density at radius 1 is 1.40 bits per heavy atom. The van der Waals surface area contributed by atoms with Crippen LogP contribution in [0.2, 0.25) is 0 Å². The van der Waals surface area contributed by atoms with E-state index < -0.39 is 0 Å². The molecule has 1 aromatic heterocycles. The van der Waals surface area contributed by atoms with Gasteiger partial charge >= 0.3 is 0 Å². The molecule has 2 aromatic rings. The van der Waals surface area contributed by atoms with E-state index in [1.807, 2.05) is 24.3 Å². The molecule has 74 valence electrons. The number of hydrogen-bond acceptors (Lipinski definition) is 3. The lowest BCUT2D eigenvalue weighted by Crippen LogP contribution is -1.94. The molecule has 0 amide bonds. The fourth-order valence-electron chi connectivity index (χ4n) is 1.62. The van der Waals surface area contributed by atoms with Gasteiger partial charge in [0.25, 0.3) is 0 Å². The van der Waals surface area contributed by atoms with Crippen molar-refractivity contribution in [3.05, 3.63) is 36.0 Å². The summed E-state index contributed by atoms with van der Waals surface area (Å²) in [5.74, 6) is 0.676. The highest BCUT2D eigenvalue weighted by molar-refractivity contribution is 5.84. The van der Waals surface area contributed by atoms with Gasteiger partial charge in [-0.05, 0) is 6.07 Å². The van der Waals surface area contributed by atoms with E-state index in [1.165, 1.54) is 0 Å². The van der Waals surface area contributed by atoms with Crippen molar-refractivity contribution in [3.8, 4) is 11.8 Å². The Bertz CT molecular complexity index is 529. The first kappa shape index (κ1) is 9.47. The van der Waals surface area contributed by atoms with Crippen molar-refractivity contribution >= 4 is 10.9 Å². The summed E-state index contributed by atoms with van der Waals surface area (Å²) in [4.78, 5) is 4.26. The van der Waals surface area contributed by atoms with Gasteiger partial charge in [-0.2, -0.15) is 5.26 Å². The summed E-state index contributed by atoms with van der Waals surface area (Å²) in [7, 11) is 1.59. The van der Waals surface area contributed by atoms with Crippen LogP contribution in [-0.2, 0) is 6.42 Å². The van der Waals surface area contributed by atoms with Gasteiger partial charge in [-0.3, -0.25) is 4.98 Å². The average molecular weight is 198 g/mol. The minimum Gasteiger partial charge on any atom is -0.495 e. The lowest BCUT2D eigenvalue weighted by atomic mass is 10.1. The third-order valence-electron chi connectivity index (χ3n) is 2.32. The third-order valence-corrected chi connectivity index (χ3v) is 2.32. The highest BCUT2D eigenvalue weighted by Crippen LogP contribution is 2.25. The summed E-state index contributed by atoms with van der Waals surface area (Å²) in [6, 6.07) is 9.89. The lowest BCUT2D eigenvalue weighted by Gasteiger charge is -2.08. The van der Waals surface area contributed by atoms with Crippen molar-refractivity contribution in [1.82, 2.24) is 4.98 Å². The summed E-state index contributed by atoms with van der Waals surface area (Å²) in [5.41, 5.74) is 1.80. The largest absolute Gasteiger partial charge is 0.495 e. The molecular formula is C12H10N2O. The van der Waals surface area contributed by atoms with Crippen LogP contribution in [0.1, 0.15) is 5.56 Å². The maximum absolute atomic E-state index is 8.77. The van der Waals surface area contributed by atoms with Gasteiger partial charge in [0.15, 0.2) is 0 Å². The number of nitriles is 1. The van der Waals surface area contributed by atoms with E-state index in [-0.39, 0.29) is 0 Å². The van der Waals surface area contributed by atoms with Crippen molar-refractivity contribution < 1.29 is 4.74 Å². The number of nitrogens with zero attached hydrogens (tertiary/aromatic N) is 2. The molecule has 3 heteroatoms. The molecule has 0 aliphatic heterocycles. The summed E-state index contributed by atoms with van der Waals surface area (Å²) < 4.78 is 5.19. The molecule has 0 spiro atoms. The Kier molecular flexibility index (Phi) is 2.51. The monoisotopic (exact) mass is 198 g/mol. The van der Waals surface area contributed by atoms with Gasteiger partial charge in [0, 0.05) is 10.9 Å². The molecular weight excluding hydrogens is 188 g/mol. The maximum atomic E-state index is 8.77. The van der Waals surface area contributed by atoms with Gasteiger partial charge in [0.1, 0.15) is 5.75 Å². The van der Waals surface area contributed by atoms with Gasteiger partial charge in [-0.1, -0.05) is 18.2 Å². The smallest absolute Gasteiger partial charge is 0.142 e. The second-order valence-corrected chi connectivity index (χ2v) is 3.16. The Morgan fingerprint density at radius 2 is 2.20 bits per heavy atom. The van der Waals surface area contributed by atoms with Gasteiger partial charge in [-0.25, -0.2) is 0 Å². The number of benzene rings is 1. The van der Waals surface area contributed by atoms with Crippen LogP contribution >= 0.6 is 0 Å². The molecule has 2 rings (SSSR count). The van der Waals surface area contributed by atoms with E-state index in [0.29, 0.717) is 12.2 Å². The van der Waals surface area contributed by atoms with Crippen LogP contribution in [0.3, 0.4) is 0 Å². The van der Waals surface area contributed by atoms with Crippen LogP contribution in [0.4, 0.5) is 0 Å². The third kappa shape index (κ3) is 1.62. The van der Waals surface area contributed by atoms with Crippen molar-refractivity contribution in [3.63, 3.8) is 0 Å². The van der Waals surface area contributed by atoms with Crippen LogP contribution in [-0.4, -0.2) is 12.1 Å². The number of rotatable bonds is 2. The van der Waals surface area contributed by atoms with Crippen LogP contribution in [0.5, 0.6) is 5.75 Å². The van der Waals surface area contributed by atoms with Crippen molar-refractivity contribution in [1.29, 1.82) is 5.26 Å². The standard InChI is InChI=1S/C12H10N2O/c1-15-12-8-14-11-5-3-2-4-9(11)10(12)6-7-13/h2-5,8H,6H2,1H3. The predicted molar refractivity (Wildman–Crippen MR) is 57.6 cm³/mol. The first-order chi connectivity index (χ1) is 7.36. The van der Waals surface area contributed by atoms with Gasteiger partial charge < -0.3 is 4.74 Å². The topological polar surface area (TPSA) is 45.9 Å². The minimum absolute atomic E-state index is 0.339. The summed E-state index contributed by atoms with van der Waals surface area (Å²) in [6.07, 6.45) is 2.00. The number of aromatic nitrogens is 1. The summed E-state index contributed by atoms with van der Waals surface area (Å²) in [6.45, 7) is 0. The number of methoxy groups -OCH3 is 1. The molecule has 0 bridgehead atoms. The van der Waals surface area contributed by atoms with Crippen LogP contribution < -0.4 is 4.74 Å². The zero-order valence-electron chi connectivity index (χ0n) is 8.40. The second kappa shape index (κ2) is 3.97. The molecule has 0 unspecified atom stereocenters. The fourth-order valence-corrected chi connectivity index (χ4v) is 1.62. The molecule has 0 N–H and O–H groups in total. The molecule has 0 radical (unpaired) electrons. The molecule has 0 saturated heterocycles. The normalized spacial score (nSPS) is 9.87. The number of para-hydroxylation sites is 1. The Labute approximate surface area is 87.9 Å². The number of hydrogen-bond donors (Lipinski definition) is 0. The molecule has 3 nitrogen and oxygen atoms in total. The van der Waals surface area contributed by atoms with Crippen molar-refractivity contribution in [2.45, 2.75) is 6.42 Å². The van der Waals surface area contributed by atoms with E-state index in [9.17, 15) is 0 Å². The fraction of sp³-hybridized carbons (Fsp3) is 0.167. The van der Waals surface area contributed by atoms with E-state index >= 15 is 0 Å². The van der Waals surface area contributed by atoms with E-state index in [2.05, 4.69) is 11.1 Å². The highest BCUT2D eigenvalue weighted by Gasteiger charge is 2.07. The molecule has 15 heavy (non-hydrogen) atoms. The second-order valence-electron chi connectivity index (χ2n) is 3.16. The predicted octanol–water partition coefficient (Wildman–Crippen LogP) is 2.31. The van der Waals surface area contributed by atoms with Gasteiger partial charge in [0.05, 0.1) is 31.3 Å². The van der Waals surface area contributed by atoms with Gasteiger partial charge in [0.2, 0.25) is 0 Å². The zero-order valence-corrected chi connectivity index (χ0v) is 8.40. The Hall–Kier alpha value is -2.08. The first-order valence-corrected chi connectivity index (χ1v) is 4.64.